The van der Waals surface area contributed by atoms with Crippen LogP contribution >= 0.6 is 0 Å². The second-order valence-electron chi connectivity index (χ2n) is 5.52. The van der Waals surface area contributed by atoms with Gasteiger partial charge in [-0.15, -0.1) is 0 Å². The zero-order valence-electron chi connectivity index (χ0n) is 13.0. The minimum absolute atomic E-state index is 0.0607. The zero-order chi connectivity index (χ0) is 17.2. The summed E-state index contributed by atoms with van der Waals surface area (Å²) in [5, 5.41) is 18.5. The van der Waals surface area contributed by atoms with Crippen molar-refractivity contribution < 1.29 is 13.5 Å². The van der Waals surface area contributed by atoms with Crippen LogP contribution in [0.4, 0.5) is 5.69 Å². The normalized spacial score (nSPS) is 15.9. The van der Waals surface area contributed by atoms with Crippen LogP contribution in [0.2, 0.25) is 0 Å². The molecule has 24 heavy (non-hydrogen) atoms. The Labute approximate surface area is 141 Å². The van der Waals surface area contributed by atoms with Crippen LogP contribution in [0.15, 0.2) is 53.4 Å². The zero-order valence-corrected chi connectivity index (χ0v) is 13.8. The average molecular weight is 343 g/mol. The first kappa shape index (κ1) is 16.3. The molecule has 0 radical (unpaired) electrons. The molecule has 0 aliphatic carbocycles. The van der Waals surface area contributed by atoms with Crippen molar-refractivity contribution in [2.45, 2.75) is 4.90 Å². The van der Waals surface area contributed by atoms with E-state index < -0.39 is 10.0 Å². The molecule has 1 aliphatic heterocycles. The standard InChI is InChI=1S/C17H17N3O3S/c18-13-14-3-1-2-4-17(14)24(22,23)20-11-9-19(10-12-20)15-5-7-16(21)8-6-15/h1-8,21H,9-12H2. The number of phenols is 1. The molecule has 124 valence electrons. The third kappa shape index (κ3) is 3.07. The van der Waals surface area contributed by atoms with Crippen molar-refractivity contribution in [2.24, 2.45) is 0 Å². The van der Waals surface area contributed by atoms with E-state index in [0.717, 1.165) is 5.69 Å². The summed E-state index contributed by atoms with van der Waals surface area (Å²) in [4.78, 5) is 2.13. The molecule has 1 fully saturated rings. The minimum atomic E-state index is -3.67. The van der Waals surface area contributed by atoms with E-state index in [1.165, 1.54) is 16.4 Å². The van der Waals surface area contributed by atoms with Crippen LogP contribution < -0.4 is 4.90 Å². The quantitative estimate of drug-likeness (QED) is 0.918. The Hall–Kier alpha value is -2.56. The lowest BCUT2D eigenvalue weighted by Crippen LogP contribution is -2.48. The van der Waals surface area contributed by atoms with E-state index in [9.17, 15) is 13.5 Å². The van der Waals surface area contributed by atoms with E-state index in [0.29, 0.717) is 26.2 Å². The fourth-order valence-electron chi connectivity index (χ4n) is 2.77. The first-order chi connectivity index (χ1) is 11.5. The summed E-state index contributed by atoms with van der Waals surface area (Å²) < 4.78 is 27.0. The van der Waals surface area contributed by atoms with Crippen molar-refractivity contribution in [3.05, 3.63) is 54.1 Å². The van der Waals surface area contributed by atoms with Crippen LogP contribution in [0.3, 0.4) is 0 Å². The lowest BCUT2D eigenvalue weighted by atomic mass is 10.2. The average Bonchev–Trinajstić information content (AvgIpc) is 2.62. The summed E-state index contributed by atoms with van der Waals surface area (Å²) in [5.74, 6) is 0.202. The maximum atomic E-state index is 12.8. The van der Waals surface area contributed by atoms with Crippen LogP contribution in [0, 0.1) is 11.3 Å². The van der Waals surface area contributed by atoms with Crippen LogP contribution in [0.1, 0.15) is 5.56 Å². The van der Waals surface area contributed by atoms with Gasteiger partial charge in [0.15, 0.2) is 0 Å². The fourth-order valence-corrected chi connectivity index (χ4v) is 4.34. The maximum absolute atomic E-state index is 12.8. The van der Waals surface area contributed by atoms with Gasteiger partial charge in [-0.3, -0.25) is 0 Å². The van der Waals surface area contributed by atoms with Crippen LogP contribution in [-0.4, -0.2) is 44.0 Å². The topological polar surface area (TPSA) is 84.6 Å². The third-order valence-corrected chi connectivity index (χ3v) is 6.04. The number of phenolic OH excluding ortho intramolecular Hbond substituents is 1. The number of hydrogen-bond acceptors (Lipinski definition) is 5. The third-order valence-electron chi connectivity index (χ3n) is 4.08. The molecule has 7 heteroatoms. The number of benzene rings is 2. The second-order valence-corrected chi connectivity index (χ2v) is 7.42. The number of rotatable bonds is 3. The van der Waals surface area contributed by atoms with Gasteiger partial charge >= 0.3 is 0 Å². The Morgan fingerprint density at radius 1 is 0.958 bits per heavy atom. The first-order valence-electron chi connectivity index (χ1n) is 7.55. The highest BCUT2D eigenvalue weighted by molar-refractivity contribution is 7.89. The van der Waals surface area contributed by atoms with Gasteiger partial charge in [-0.25, -0.2) is 8.42 Å². The molecule has 0 atom stereocenters. The first-order valence-corrected chi connectivity index (χ1v) is 8.99. The van der Waals surface area contributed by atoms with Crippen LogP contribution in [0.25, 0.3) is 0 Å². The van der Waals surface area contributed by atoms with Crippen LogP contribution in [-0.2, 0) is 10.0 Å². The highest BCUT2D eigenvalue weighted by atomic mass is 32.2. The number of sulfonamides is 1. The predicted octanol–water partition coefficient (Wildman–Crippen LogP) is 1.77. The summed E-state index contributed by atoms with van der Waals surface area (Å²) in [7, 11) is -3.67. The summed E-state index contributed by atoms with van der Waals surface area (Å²) >= 11 is 0. The van der Waals surface area contributed by atoms with Gasteiger partial charge in [0.1, 0.15) is 11.8 Å². The van der Waals surface area contributed by atoms with Gasteiger partial charge in [0.2, 0.25) is 10.0 Å². The van der Waals surface area contributed by atoms with Gasteiger partial charge < -0.3 is 10.0 Å². The van der Waals surface area contributed by atoms with Crippen molar-refractivity contribution in [1.29, 1.82) is 5.26 Å². The lowest BCUT2D eigenvalue weighted by molar-refractivity contribution is 0.385. The molecule has 1 saturated heterocycles. The van der Waals surface area contributed by atoms with Gasteiger partial charge in [0.25, 0.3) is 0 Å². The number of piperazine rings is 1. The Morgan fingerprint density at radius 2 is 1.58 bits per heavy atom. The predicted molar refractivity (Wildman–Crippen MR) is 90.2 cm³/mol. The Kier molecular flexibility index (Phi) is 4.42. The molecule has 0 amide bonds. The Balaban J connectivity index is 1.76. The lowest BCUT2D eigenvalue weighted by Gasteiger charge is -2.35. The molecule has 0 aromatic heterocycles. The van der Waals surface area contributed by atoms with E-state index in [4.69, 9.17) is 5.26 Å². The van der Waals surface area contributed by atoms with Crippen LogP contribution in [0.5, 0.6) is 5.75 Å². The van der Waals surface area contributed by atoms with Gasteiger partial charge in [-0.2, -0.15) is 9.57 Å². The Morgan fingerprint density at radius 3 is 2.21 bits per heavy atom. The molecule has 3 rings (SSSR count). The molecule has 0 saturated carbocycles. The molecule has 0 spiro atoms. The molecule has 1 heterocycles. The van der Waals surface area contributed by atoms with Crippen molar-refractivity contribution >= 4 is 15.7 Å². The smallest absolute Gasteiger partial charge is 0.244 e. The van der Waals surface area contributed by atoms with E-state index in [1.807, 2.05) is 18.2 Å². The van der Waals surface area contributed by atoms with E-state index in [-0.39, 0.29) is 16.2 Å². The SMILES string of the molecule is N#Cc1ccccc1S(=O)(=O)N1CCN(c2ccc(O)cc2)CC1. The maximum Gasteiger partial charge on any atom is 0.244 e. The van der Waals surface area contributed by atoms with E-state index in [1.54, 1.807) is 24.3 Å². The fraction of sp³-hybridized carbons (Fsp3) is 0.235. The molecule has 6 nitrogen and oxygen atoms in total. The summed E-state index contributed by atoms with van der Waals surface area (Å²) in [6.07, 6.45) is 0. The molecular formula is C17H17N3O3S. The largest absolute Gasteiger partial charge is 0.508 e. The number of hydrogen-bond donors (Lipinski definition) is 1. The summed E-state index contributed by atoms with van der Waals surface area (Å²) in [6.45, 7) is 1.81. The van der Waals surface area contributed by atoms with Gasteiger partial charge in [-0.05, 0) is 36.4 Å². The molecular weight excluding hydrogens is 326 g/mol. The van der Waals surface area contributed by atoms with Gasteiger partial charge in [0.05, 0.1) is 10.5 Å². The number of anilines is 1. The highest BCUT2D eigenvalue weighted by Gasteiger charge is 2.30. The van der Waals surface area contributed by atoms with Crippen molar-refractivity contribution in [2.75, 3.05) is 31.1 Å². The number of aromatic hydroxyl groups is 1. The molecule has 1 aliphatic rings. The minimum Gasteiger partial charge on any atom is -0.508 e. The summed E-state index contributed by atoms with van der Waals surface area (Å²) in [6, 6.07) is 15.1. The highest BCUT2D eigenvalue weighted by Crippen LogP contribution is 2.24. The number of nitrogens with zero attached hydrogens (tertiary/aromatic N) is 3. The molecule has 0 bridgehead atoms. The Bertz CT molecular complexity index is 865. The van der Waals surface area contributed by atoms with E-state index >= 15 is 0 Å². The van der Waals surface area contributed by atoms with Crippen molar-refractivity contribution in [3.63, 3.8) is 0 Å². The van der Waals surface area contributed by atoms with Gasteiger partial charge in [-0.1, -0.05) is 12.1 Å². The molecule has 1 N–H and O–H groups in total. The second kappa shape index (κ2) is 6.51. The van der Waals surface area contributed by atoms with Crippen molar-refractivity contribution in [1.82, 2.24) is 4.31 Å². The van der Waals surface area contributed by atoms with Crippen molar-refractivity contribution in [3.8, 4) is 11.8 Å². The summed E-state index contributed by atoms with van der Waals surface area (Å²) in [5.41, 5.74) is 1.11. The van der Waals surface area contributed by atoms with Gasteiger partial charge in [0, 0.05) is 31.9 Å². The number of nitriles is 1. The monoisotopic (exact) mass is 343 g/mol. The molecule has 2 aromatic carbocycles. The van der Waals surface area contributed by atoms with E-state index in [2.05, 4.69) is 4.90 Å². The molecule has 0 unspecified atom stereocenters. The molecule has 2 aromatic rings.